The van der Waals surface area contributed by atoms with Crippen molar-refractivity contribution in [1.82, 2.24) is 5.32 Å². The van der Waals surface area contributed by atoms with Crippen LogP contribution in [-0.4, -0.2) is 23.7 Å². The summed E-state index contributed by atoms with van der Waals surface area (Å²) in [6.07, 6.45) is 0.553. The molecule has 1 atom stereocenters. The molecular formula is C22H26BrCl2NO4. The molecule has 0 aliphatic rings. The number of rotatable bonds is 11. The Balaban J connectivity index is 2.17. The van der Waals surface area contributed by atoms with Crippen LogP contribution in [0.15, 0.2) is 34.8 Å². The van der Waals surface area contributed by atoms with Crippen molar-refractivity contribution >= 4 is 45.1 Å². The highest BCUT2D eigenvalue weighted by atomic mass is 79.9. The molecule has 0 fully saturated rings. The minimum Gasteiger partial charge on any atom is -0.490 e. The molecule has 1 unspecified atom stereocenters. The van der Waals surface area contributed by atoms with E-state index < -0.39 is 12.0 Å². The summed E-state index contributed by atoms with van der Waals surface area (Å²) in [5, 5.41) is 13.6. The first-order valence-electron chi connectivity index (χ1n) is 9.69. The first-order valence-corrected chi connectivity index (χ1v) is 11.2. The van der Waals surface area contributed by atoms with E-state index in [1.807, 2.05) is 39.0 Å². The number of nitrogens with one attached hydrogen (secondary N) is 1. The average molecular weight is 519 g/mol. The Morgan fingerprint density at radius 3 is 2.53 bits per heavy atom. The molecule has 0 radical (unpaired) electrons. The van der Waals surface area contributed by atoms with Crippen LogP contribution in [0.2, 0.25) is 10.0 Å². The van der Waals surface area contributed by atoms with Gasteiger partial charge in [-0.15, -0.1) is 0 Å². The van der Waals surface area contributed by atoms with Crippen LogP contribution in [0, 0.1) is 5.92 Å². The number of carbonyl (C=O) groups is 1. The van der Waals surface area contributed by atoms with E-state index in [9.17, 15) is 9.90 Å². The zero-order valence-electron chi connectivity index (χ0n) is 17.2. The second-order valence-corrected chi connectivity index (χ2v) is 8.96. The first kappa shape index (κ1) is 24.8. The lowest BCUT2D eigenvalue weighted by Crippen LogP contribution is -2.37. The van der Waals surface area contributed by atoms with Crippen LogP contribution in [0.5, 0.6) is 11.5 Å². The smallest absolute Gasteiger partial charge is 0.320 e. The molecule has 164 valence electrons. The van der Waals surface area contributed by atoms with Gasteiger partial charge >= 0.3 is 5.97 Å². The van der Waals surface area contributed by atoms with Gasteiger partial charge in [-0.25, -0.2) is 0 Å². The van der Waals surface area contributed by atoms with Crippen LogP contribution in [-0.2, 0) is 17.9 Å². The number of ether oxygens (including phenoxy) is 2. The number of halogens is 3. The molecular weight excluding hydrogens is 493 g/mol. The summed E-state index contributed by atoms with van der Waals surface area (Å²) in [4.78, 5) is 11.5. The van der Waals surface area contributed by atoms with Crippen LogP contribution >= 0.6 is 39.1 Å². The summed E-state index contributed by atoms with van der Waals surface area (Å²) in [6.45, 7) is 7.00. The van der Waals surface area contributed by atoms with E-state index in [1.165, 1.54) is 0 Å². The normalized spacial score (nSPS) is 12.1. The first-order chi connectivity index (χ1) is 14.2. The summed E-state index contributed by atoms with van der Waals surface area (Å²) in [5.41, 5.74) is 1.69. The highest BCUT2D eigenvalue weighted by Crippen LogP contribution is 2.38. The molecule has 0 heterocycles. The van der Waals surface area contributed by atoms with E-state index in [4.69, 9.17) is 32.7 Å². The maximum atomic E-state index is 11.5. The third-order valence-electron chi connectivity index (χ3n) is 4.31. The van der Waals surface area contributed by atoms with Crippen molar-refractivity contribution in [2.24, 2.45) is 5.92 Å². The van der Waals surface area contributed by atoms with Gasteiger partial charge in [-0.3, -0.25) is 4.79 Å². The van der Waals surface area contributed by atoms with Crippen molar-refractivity contribution in [3.8, 4) is 11.5 Å². The Kier molecular flexibility index (Phi) is 9.75. The third kappa shape index (κ3) is 7.34. The Morgan fingerprint density at radius 2 is 1.93 bits per heavy atom. The van der Waals surface area contributed by atoms with Crippen LogP contribution in [0.25, 0.3) is 0 Å². The summed E-state index contributed by atoms with van der Waals surface area (Å²) < 4.78 is 12.5. The number of carboxylic acids is 1. The predicted octanol–water partition coefficient (Wildman–Crippen LogP) is 6.32. The number of aliphatic carboxylic acids is 1. The van der Waals surface area contributed by atoms with Crippen molar-refractivity contribution in [2.45, 2.75) is 46.4 Å². The van der Waals surface area contributed by atoms with Crippen LogP contribution < -0.4 is 14.8 Å². The Hall–Kier alpha value is -1.47. The number of carboxylic acid groups (broad SMARTS) is 1. The maximum Gasteiger partial charge on any atom is 0.320 e. The lowest BCUT2D eigenvalue weighted by molar-refractivity contribution is -0.140. The van der Waals surface area contributed by atoms with Crippen molar-refractivity contribution < 1.29 is 19.4 Å². The molecule has 2 aromatic rings. The Morgan fingerprint density at radius 1 is 1.20 bits per heavy atom. The monoisotopic (exact) mass is 517 g/mol. The summed E-state index contributed by atoms with van der Waals surface area (Å²) in [6, 6.07) is 8.39. The highest BCUT2D eigenvalue weighted by Gasteiger charge is 2.19. The number of hydrogen-bond acceptors (Lipinski definition) is 4. The van der Waals surface area contributed by atoms with Crippen molar-refractivity contribution in [3.63, 3.8) is 0 Å². The molecule has 8 heteroatoms. The fraction of sp³-hybridized carbons (Fsp3) is 0.409. The topological polar surface area (TPSA) is 67.8 Å². The Labute approximate surface area is 195 Å². The molecule has 0 aliphatic carbocycles. The highest BCUT2D eigenvalue weighted by molar-refractivity contribution is 9.10. The minimum absolute atomic E-state index is 0.252. The van der Waals surface area contributed by atoms with Gasteiger partial charge in [-0.1, -0.05) is 43.1 Å². The summed E-state index contributed by atoms with van der Waals surface area (Å²) in [7, 11) is 0. The zero-order valence-corrected chi connectivity index (χ0v) is 20.3. The summed E-state index contributed by atoms with van der Waals surface area (Å²) in [5.74, 6) is 0.556. The summed E-state index contributed by atoms with van der Waals surface area (Å²) >= 11 is 15.7. The third-order valence-corrected chi connectivity index (χ3v) is 5.49. The maximum absolute atomic E-state index is 11.5. The second kappa shape index (κ2) is 11.8. The van der Waals surface area contributed by atoms with E-state index in [0.29, 0.717) is 45.6 Å². The molecule has 0 saturated heterocycles. The molecule has 0 amide bonds. The van der Waals surface area contributed by atoms with Gasteiger partial charge in [0.25, 0.3) is 0 Å². The van der Waals surface area contributed by atoms with Crippen LogP contribution in [0.4, 0.5) is 0 Å². The van der Waals surface area contributed by atoms with Crippen LogP contribution in [0.3, 0.4) is 0 Å². The SMILES string of the molecule is CCOc1cc(CNC(CC(C)C)C(=O)O)cc(Br)c1OCc1ccc(Cl)cc1Cl. The number of benzene rings is 2. The fourth-order valence-corrected chi connectivity index (χ4v) is 3.97. The fourth-order valence-electron chi connectivity index (χ4n) is 2.90. The standard InChI is InChI=1S/C22H26BrCl2NO4/c1-4-29-20-9-14(11-26-19(22(27)28)7-13(2)3)8-17(23)21(20)30-12-15-5-6-16(24)10-18(15)25/h5-6,8-10,13,19,26H,4,7,11-12H2,1-3H3,(H,27,28). The van der Waals surface area contributed by atoms with E-state index in [-0.39, 0.29) is 12.5 Å². The lowest BCUT2D eigenvalue weighted by Gasteiger charge is -2.19. The van der Waals surface area contributed by atoms with Gasteiger partial charge in [0.2, 0.25) is 0 Å². The van der Waals surface area contributed by atoms with Gasteiger partial charge in [0, 0.05) is 22.2 Å². The molecule has 2 rings (SSSR count). The van der Waals surface area contributed by atoms with Gasteiger partial charge in [0.05, 0.1) is 11.1 Å². The molecule has 0 spiro atoms. The van der Waals surface area contributed by atoms with Gasteiger partial charge < -0.3 is 19.9 Å². The van der Waals surface area contributed by atoms with Gasteiger partial charge in [0.1, 0.15) is 12.6 Å². The molecule has 0 aromatic heterocycles. The molecule has 30 heavy (non-hydrogen) atoms. The zero-order chi connectivity index (χ0) is 22.3. The largest absolute Gasteiger partial charge is 0.490 e. The van der Waals surface area contributed by atoms with Crippen molar-refractivity contribution in [1.29, 1.82) is 0 Å². The average Bonchev–Trinajstić information content (AvgIpc) is 2.65. The molecule has 2 aromatic carbocycles. The Bertz CT molecular complexity index is 876. The molecule has 0 saturated carbocycles. The van der Waals surface area contributed by atoms with Crippen molar-refractivity contribution in [3.05, 3.63) is 56.0 Å². The van der Waals surface area contributed by atoms with Gasteiger partial charge in [-0.2, -0.15) is 0 Å². The van der Waals surface area contributed by atoms with E-state index in [0.717, 1.165) is 11.1 Å². The van der Waals surface area contributed by atoms with Gasteiger partial charge in [0.15, 0.2) is 11.5 Å². The second-order valence-electron chi connectivity index (χ2n) is 7.26. The van der Waals surface area contributed by atoms with Crippen LogP contribution in [0.1, 0.15) is 38.3 Å². The van der Waals surface area contributed by atoms with Crippen molar-refractivity contribution in [2.75, 3.05) is 6.61 Å². The number of hydrogen-bond donors (Lipinski definition) is 2. The minimum atomic E-state index is -0.854. The quantitative estimate of drug-likeness (QED) is 0.364. The van der Waals surface area contributed by atoms with E-state index in [2.05, 4.69) is 21.2 Å². The van der Waals surface area contributed by atoms with Gasteiger partial charge in [-0.05, 0) is 65.0 Å². The molecule has 5 nitrogen and oxygen atoms in total. The molecule has 0 aliphatic heterocycles. The molecule has 2 N–H and O–H groups in total. The predicted molar refractivity (Wildman–Crippen MR) is 124 cm³/mol. The van der Waals surface area contributed by atoms with E-state index >= 15 is 0 Å². The lowest BCUT2D eigenvalue weighted by atomic mass is 10.0. The van der Waals surface area contributed by atoms with E-state index in [1.54, 1.807) is 12.1 Å². The molecule has 0 bridgehead atoms.